The van der Waals surface area contributed by atoms with E-state index in [-0.39, 0.29) is 6.04 Å². The van der Waals surface area contributed by atoms with Gasteiger partial charge in [-0.1, -0.05) is 24.3 Å². The van der Waals surface area contributed by atoms with Crippen molar-refractivity contribution in [3.05, 3.63) is 59.7 Å². The zero-order chi connectivity index (χ0) is 20.7. The van der Waals surface area contributed by atoms with Crippen LogP contribution in [0.5, 0.6) is 5.75 Å². The Labute approximate surface area is 166 Å². The molecule has 0 bridgehead atoms. The Morgan fingerprint density at radius 1 is 1.07 bits per heavy atom. The first-order chi connectivity index (χ1) is 13.1. The highest BCUT2D eigenvalue weighted by atomic mass is 31.1. The summed E-state index contributed by atoms with van der Waals surface area (Å²) in [6.07, 6.45) is 0.261. The van der Waals surface area contributed by atoms with Crippen molar-refractivity contribution in [2.75, 3.05) is 0 Å². The second-order valence-corrected chi connectivity index (χ2v) is 8.69. The van der Waals surface area contributed by atoms with Gasteiger partial charge in [0.15, 0.2) is 0 Å². The molecular formula is C21H27NO5P+. The normalized spacial score (nSPS) is 12.8. The zero-order valence-electron chi connectivity index (χ0n) is 16.6. The van der Waals surface area contributed by atoms with Crippen LogP contribution in [0.3, 0.4) is 0 Å². The molecule has 2 aromatic rings. The quantitative estimate of drug-likeness (QED) is 0.680. The summed E-state index contributed by atoms with van der Waals surface area (Å²) in [6.45, 7) is 7.80. The Bertz CT molecular complexity index is 797. The predicted octanol–water partition coefficient (Wildman–Crippen LogP) is 4.08. The third-order valence-electron chi connectivity index (χ3n) is 3.79. The Morgan fingerprint density at radius 3 is 2.18 bits per heavy atom. The van der Waals surface area contributed by atoms with Gasteiger partial charge in [0, 0.05) is 6.04 Å². The average Bonchev–Trinajstić information content (AvgIpc) is 2.59. The number of hydrogen-bond donors (Lipinski definition) is 2. The van der Waals surface area contributed by atoms with E-state index in [0.29, 0.717) is 18.3 Å². The summed E-state index contributed by atoms with van der Waals surface area (Å²) >= 11 is 0. The molecule has 0 aliphatic heterocycles. The lowest BCUT2D eigenvalue weighted by atomic mass is 10.1. The lowest BCUT2D eigenvalue weighted by molar-refractivity contribution is 0.0508. The highest BCUT2D eigenvalue weighted by Crippen LogP contribution is 2.17. The minimum absolute atomic E-state index is 0.0573. The van der Waals surface area contributed by atoms with E-state index >= 15 is 0 Å². The monoisotopic (exact) mass is 404 g/mol. The molecule has 150 valence electrons. The number of ether oxygens (including phenoxy) is 2. The molecule has 2 unspecified atom stereocenters. The second-order valence-electron chi connectivity index (χ2n) is 7.62. The topological polar surface area (TPSA) is 84.9 Å². The summed E-state index contributed by atoms with van der Waals surface area (Å²) in [6, 6.07) is 14.4. The first kappa shape index (κ1) is 21.9. The van der Waals surface area contributed by atoms with Crippen LogP contribution in [-0.4, -0.2) is 22.6 Å². The summed E-state index contributed by atoms with van der Waals surface area (Å²) < 4.78 is 22.0. The predicted molar refractivity (Wildman–Crippen MR) is 109 cm³/mol. The SMILES string of the molecule is CC(Cc1ccc(OCc2ccc([P+](=O)O)cc2)cc1)NC(=O)OC(C)(C)C. The highest BCUT2D eigenvalue weighted by Gasteiger charge is 2.18. The van der Waals surface area contributed by atoms with Gasteiger partial charge in [-0.2, -0.15) is 4.89 Å². The third-order valence-corrected chi connectivity index (χ3v) is 4.53. The minimum Gasteiger partial charge on any atom is -0.489 e. The molecule has 0 saturated heterocycles. The van der Waals surface area contributed by atoms with Gasteiger partial charge in [0.25, 0.3) is 0 Å². The number of alkyl carbamates (subject to hydrolysis) is 1. The van der Waals surface area contributed by atoms with E-state index in [1.54, 1.807) is 24.3 Å². The Morgan fingerprint density at radius 2 is 1.64 bits per heavy atom. The molecule has 0 fully saturated rings. The van der Waals surface area contributed by atoms with E-state index in [2.05, 4.69) is 5.32 Å². The van der Waals surface area contributed by atoms with Gasteiger partial charge in [0.2, 0.25) is 5.30 Å². The van der Waals surface area contributed by atoms with E-state index in [4.69, 9.17) is 14.4 Å². The van der Waals surface area contributed by atoms with Crippen molar-refractivity contribution < 1.29 is 23.7 Å². The molecule has 2 rings (SSSR count). The Balaban J connectivity index is 1.82. The molecule has 0 aliphatic rings. The van der Waals surface area contributed by atoms with Crippen LogP contribution in [0.2, 0.25) is 0 Å². The summed E-state index contributed by atoms with van der Waals surface area (Å²) in [7, 11) is -2.31. The molecule has 2 N–H and O–H groups in total. The van der Waals surface area contributed by atoms with Crippen LogP contribution in [0.1, 0.15) is 38.8 Å². The van der Waals surface area contributed by atoms with Gasteiger partial charge in [-0.3, -0.25) is 0 Å². The summed E-state index contributed by atoms with van der Waals surface area (Å²) in [4.78, 5) is 20.9. The van der Waals surface area contributed by atoms with Gasteiger partial charge < -0.3 is 14.8 Å². The fourth-order valence-corrected chi connectivity index (χ4v) is 2.93. The van der Waals surface area contributed by atoms with Crippen molar-refractivity contribution in [3.8, 4) is 5.75 Å². The number of amides is 1. The lowest BCUT2D eigenvalue weighted by Gasteiger charge is -2.22. The first-order valence-corrected chi connectivity index (χ1v) is 10.3. The van der Waals surface area contributed by atoms with Crippen LogP contribution < -0.4 is 15.4 Å². The minimum atomic E-state index is -2.31. The van der Waals surface area contributed by atoms with E-state index in [0.717, 1.165) is 16.9 Å². The first-order valence-electron chi connectivity index (χ1n) is 9.09. The second kappa shape index (κ2) is 9.67. The number of carbonyl (C=O) groups is 1. The number of nitrogens with one attached hydrogen (secondary N) is 1. The van der Waals surface area contributed by atoms with E-state index in [9.17, 15) is 9.36 Å². The maximum Gasteiger partial charge on any atom is 0.546 e. The number of benzene rings is 2. The van der Waals surface area contributed by atoms with Crippen LogP contribution >= 0.6 is 8.03 Å². The van der Waals surface area contributed by atoms with Crippen molar-refractivity contribution in [2.24, 2.45) is 0 Å². The van der Waals surface area contributed by atoms with Gasteiger partial charge >= 0.3 is 14.1 Å². The molecule has 2 atom stereocenters. The van der Waals surface area contributed by atoms with Gasteiger partial charge in [-0.15, -0.1) is 0 Å². The molecule has 0 radical (unpaired) electrons. The smallest absolute Gasteiger partial charge is 0.489 e. The maximum absolute atomic E-state index is 11.8. The van der Waals surface area contributed by atoms with Crippen LogP contribution in [-0.2, 0) is 22.3 Å². The van der Waals surface area contributed by atoms with Gasteiger partial charge in [-0.05, 0) is 74.1 Å². The van der Waals surface area contributed by atoms with Crippen LogP contribution in [0.4, 0.5) is 4.79 Å². The van der Waals surface area contributed by atoms with Crippen molar-refractivity contribution in [1.29, 1.82) is 0 Å². The molecule has 0 aliphatic carbocycles. The van der Waals surface area contributed by atoms with E-state index in [1.165, 1.54) is 0 Å². The van der Waals surface area contributed by atoms with Crippen molar-refractivity contribution in [2.45, 2.75) is 52.4 Å². The van der Waals surface area contributed by atoms with Crippen molar-refractivity contribution >= 4 is 19.4 Å². The summed E-state index contributed by atoms with van der Waals surface area (Å²) in [5.41, 5.74) is 1.48. The molecule has 0 saturated carbocycles. The van der Waals surface area contributed by atoms with Crippen LogP contribution in [0, 0.1) is 0 Å². The van der Waals surface area contributed by atoms with Crippen molar-refractivity contribution in [3.63, 3.8) is 0 Å². The van der Waals surface area contributed by atoms with Crippen molar-refractivity contribution in [1.82, 2.24) is 5.32 Å². The molecular weight excluding hydrogens is 377 g/mol. The van der Waals surface area contributed by atoms with Gasteiger partial charge in [0.05, 0.1) is 0 Å². The molecule has 1 amide bonds. The standard InChI is InChI=1S/C21H26NO5P/c1-15(22-20(23)27-21(2,3)4)13-16-5-9-18(10-6-16)26-14-17-7-11-19(12-8-17)28(24)25/h5-12,15H,13-14H2,1-4H3,(H-,22,23,24,25)/p+1. The average molecular weight is 404 g/mol. The van der Waals surface area contributed by atoms with Gasteiger partial charge in [0.1, 0.15) is 18.0 Å². The molecule has 7 heteroatoms. The number of hydrogen-bond acceptors (Lipinski definition) is 4. The Kier molecular flexibility index (Phi) is 7.55. The molecule has 0 spiro atoms. The van der Waals surface area contributed by atoms with Gasteiger partial charge in [-0.25, -0.2) is 4.79 Å². The summed E-state index contributed by atoms with van der Waals surface area (Å²) in [5, 5.41) is 3.23. The third kappa shape index (κ3) is 7.67. The lowest BCUT2D eigenvalue weighted by Crippen LogP contribution is -2.38. The largest absolute Gasteiger partial charge is 0.546 e. The molecule has 2 aromatic carbocycles. The molecule has 28 heavy (non-hydrogen) atoms. The van der Waals surface area contributed by atoms with Crippen LogP contribution in [0.25, 0.3) is 0 Å². The van der Waals surface area contributed by atoms with E-state index < -0.39 is 19.7 Å². The fourth-order valence-electron chi connectivity index (χ4n) is 2.52. The summed E-state index contributed by atoms with van der Waals surface area (Å²) in [5.74, 6) is 0.730. The number of rotatable bonds is 7. The zero-order valence-corrected chi connectivity index (χ0v) is 17.5. The molecule has 6 nitrogen and oxygen atoms in total. The Hall–Kier alpha value is -2.43. The fraction of sp³-hybridized carbons (Fsp3) is 0.381. The number of carbonyl (C=O) groups excluding carboxylic acids is 1. The molecule has 0 aromatic heterocycles. The maximum atomic E-state index is 11.8. The highest BCUT2D eigenvalue weighted by molar-refractivity contribution is 7.47. The van der Waals surface area contributed by atoms with Crippen LogP contribution in [0.15, 0.2) is 48.5 Å². The molecule has 0 heterocycles. The van der Waals surface area contributed by atoms with E-state index in [1.807, 2.05) is 52.0 Å².